The highest BCUT2D eigenvalue weighted by Gasteiger charge is 2.10. The Kier molecular flexibility index (Phi) is 5.61. The summed E-state index contributed by atoms with van der Waals surface area (Å²) in [5.41, 5.74) is 3.16. The Bertz CT molecular complexity index is 801. The lowest BCUT2D eigenvalue weighted by atomic mass is 10.1. The van der Waals surface area contributed by atoms with Crippen LogP contribution in [-0.4, -0.2) is 21.1 Å². The molecule has 3 aromatic rings. The molecule has 0 unspecified atom stereocenters. The van der Waals surface area contributed by atoms with Crippen molar-refractivity contribution >= 4 is 29.3 Å². The van der Waals surface area contributed by atoms with Gasteiger partial charge in [0.1, 0.15) is 6.61 Å². The van der Waals surface area contributed by atoms with Crippen molar-refractivity contribution in [1.29, 1.82) is 0 Å². The van der Waals surface area contributed by atoms with Gasteiger partial charge in [-0.3, -0.25) is 4.79 Å². The van der Waals surface area contributed by atoms with Crippen LogP contribution in [0.25, 0.3) is 11.4 Å². The summed E-state index contributed by atoms with van der Waals surface area (Å²) < 4.78 is 10.4. The average Bonchev–Trinajstić information content (AvgIpc) is 3.09. The summed E-state index contributed by atoms with van der Waals surface area (Å²) in [6, 6.07) is 17.7. The minimum Gasteiger partial charge on any atom is -0.460 e. The molecular formula is C18H16N2O2S2. The summed E-state index contributed by atoms with van der Waals surface area (Å²) in [4.78, 5) is 16.3. The number of aryl methyl sites for hydroxylation is 1. The molecular weight excluding hydrogens is 340 g/mol. The van der Waals surface area contributed by atoms with Crippen LogP contribution in [-0.2, 0) is 16.1 Å². The minimum atomic E-state index is -0.254. The molecule has 4 nitrogen and oxygen atoms in total. The summed E-state index contributed by atoms with van der Waals surface area (Å²) in [7, 11) is 0. The second-order valence-corrected chi connectivity index (χ2v) is 7.16. The van der Waals surface area contributed by atoms with Gasteiger partial charge in [0.2, 0.25) is 0 Å². The Hall–Kier alpha value is -2.18. The lowest BCUT2D eigenvalue weighted by Crippen LogP contribution is -2.07. The largest absolute Gasteiger partial charge is 0.460 e. The van der Waals surface area contributed by atoms with Crippen LogP contribution in [0.1, 0.15) is 11.1 Å². The Morgan fingerprint density at radius 2 is 1.88 bits per heavy atom. The zero-order valence-corrected chi connectivity index (χ0v) is 14.8. The number of aromatic nitrogens is 2. The topological polar surface area (TPSA) is 52.1 Å². The first-order chi connectivity index (χ1) is 11.7. The van der Waals surface area contributed by atoms with Crippen molar-refractivity contribution in [3.63, 3.8) is 0 Å². The lowest BCUT2D eigenvalue weighted by molar-refractivity contribution is -0.141. The van der Waals surface area contributed by atoms with E-state index in [0.29, 0.717) is 12.4 Å². The number of carbonyl (C=O) groups excluding carboxylic acids is 1. The third kappa shape index (κ3) is 4.66. The molecule has 0 saturated carbocycles. The molecule has 3 rings (SSSR count). The smallest absolute Gasteiger partial charge is 0.316 e. The first kappa shape index (κ1) is 16.7. The van der Waals surface area contributed by atoms with Crippen molar-refractivity contribution in [1.82, 2.24) is 9.36 Å². The van der Waals surface area contributed by atoms with E-state index in [1.165, 1.54) is 28.9 Å². The molecule has 0 aliphatic heterocycles. The predicted molar refractivity (Wildman–Crippen MR) is 97.0 cm³/mol. The maximum atomic E-state index is 11.8. The first-order valence-corrected chi connectivity index (χ1v) is 9.20. The van der Waals surface area contributed by atoms with Crippen LogP contribution >= 0.6 is 23.3 Å². The minimum absolute atomic E-state index is 0.232. The van der Waals surface area contributed by atoms with E-state index in [-0.39, 0.29) is 11.7 Å². The van der Waals surface area contributed by atoms with Crippen molar-refractivity contribution in [3.8, 4) is 11.4 Å². The van der Waals surface area contributed by atoms with Crippen LogP contribution in [0.5, 0.6) is 0 Å². The molecule has 0 amide bonds. The van der Waals surface area contributed by atoms with Crippen LogP contribution in [0, 0.1) is 6.92 Å². The number of rotatable bonds is 6. The quantitative estimate of drug-likeness (QED) is 0.485. The SMILES string of the molecule is Cc1ccc(-c2nsc(SCC(=O)OCc3ccccc3)n2)cc1. The number of benzene rings is 2. The van der Waals surface area contributed by atoms with E-state index in [2.05, 4.69) is 9.36 Å². The van der Waals surface area contributed by atoms with E-state index in [4.69, 9.17) is 4.74 Å². The number of ether oxygens (including phenoxy) is 1. The molecule has 0 saturated heterocycles. The Morgan fingerprint density at radius 3 is 2.62 bits per heavy atom. The average molecular weight is 356 g/mol. The highest BCUT2D eigenvalue weighted by molar-refractivity contribution is 8.01. The van der Waals surface area contributed by atoms with Crippen LogP contribution in [0.4, 0.5) is 0 Å². The van der Waals surface area contributed by atoms with Crippen molar-refractivity contribution in [2.24, 2.45) is 0 Å². The number of hydrogen-bond donors (Lipinski definition) is 0. The third-order valence-corrected chi connectivity index (χ3v) is 5.08. The van der Waals surface area contributed by atoms with Crippen LogP contribution in [0.3, 0.4) is 0 Å². The predicted octanol–water partition coefficient (Wildman–Crippen LogP) is 4.35. The number of thioether (sulfide) groups is 1. The third-order valence-electron chi connectivity index (χ3n) is 3.27. The molecule has 24 heavy (non-hydrogen) atoms. The van der Waals surface area contributed by atoms with Gasteiger partial charge in [0, 0.05) is 5.56 Å². The van der Waals surface area contributed by atoms with Gasteiger partial charge < -0.3 is 4.74 Å². The van der Waals surface area contributed by atoms with Crippen molar-refractivity contribution < 1.29 is 9.53 Å². The number of hydrogen-bond acceptors (Lipinski definition) is 6. The highest BCUT2D eigenvalue weighted by Crippen LogP contribution is 2.25. The van der Waals surface area contributed by atoms with Crippen LogP contribution in [0.15, 0.2) is 58.9 Å². The van der Waals surface area contributed by atoms with Gasteiger partial charge in [-0.25, -0.2) is 4.98 Å². The van der Waals surface area contributed by atoms with E-state index in [1.807, 2.05) is 61.5 Å². The number of nitrogens with zero attached hydrogens (tertiary/aromatic N) is 2. The molecule has 0 fully saturated rings. The second-order valence-electron chi connectivity index (χ2n) is 5.18. The molecule has 0 spiro atoms. The van der Waals surface area contributed by atoms with Gasteiger partial charge in [0.15, 0.2) is 10.2 Å². The van der Waals surface area contributed by atoms with Gasteiger partial charge in [0.25, 0.3) is 0 Å². The molecule has 0 radical (unpaired) electrons. The molecule has 0 aliphatic rings. The van der Waals surface area contributed by atoms with E-state index >= 15 is 0 Å². The molecule has 1 heterocycles. The van der Waals surface area contributed by atoms with E-state index in [9.17, 15) is 4.79 Å². The second kappa shape index (κ2) is 8.08. The lowest BCUT2D eigenvalue weighted by Gasteiger charge is -2.03. The standard InChI is InChI=1S/C18H16N2O2S2/c1-13-7-9-15(10-8-13)17-19-18(24-20-17)23-12-16(21)22-11-14-5-3-2-4-6-14/h2-10H,11-12H2,1H3. The molecule has 122 valence electrons. The maximum Gasteiger partial charge on any atom is 0.316 e. The zero-order valence-electron chi connectivity index (χ0n) is 13.1. The summed E-state index contributed by atoms with van der Waals surface area (Å²) in [5.74, 6) is 0.672. The van der Waals surface area contributed by atoms with Gasteiger partial charge in [-0.05, 0) is 24.0 Å². The maximum absolute atomic E-state index is 11.8. The summed E-state index contributed by atoms with van der Waals surface area (Å²) in [5, 5.41) is 0. The Labute approximate surface area is 149 Å². The van der Waals surface area contributed by atoms with Gasteiger partial charge >= 0.3 is 5.97 Å². The Morgan fingerprint density at radius 1 is 1.12 bits per heavy atom. The Balaban J connectivity index is 1.50. The summed E-state index contributed by atoms with van der Waals surface area (Å²) >= 11 is 2.65. The molecule has 0 N–H and O–H groups in total. The molecule has 0 bridgehead atoms. The monoisotopic (exact) mass is 356 g/mol. The summed E-state index contributed by atoms with van der Waals surface area (Å²) in [6.45, 7) is 2.34. The van der Waals surface area contributed by atoms with Gasteiger partial charge in [0.05, 0.1) is 5.75 Å². The molecule has 6 heteroatoms. The van der Waals surface area contributed by atoms with E-state index in [1.54, 1.807) is 0 Å². The van der Waals surface area contributed by atoms with Crippen molar-refractivity contribution in [3.05, 3.63) is 65.7 Å². The number of esters is 1. The van der Waals surface area contributed by atoms with E-state index in [0.717, 1.165) is 15.5 Å². The molecule has 1 aromatic heterocycles. The molecule has 2 aromatic carbocycles. The number of carbonyl (C=O) groups is 1. The first-order valence-electron chi connectivity index (χ1n) is 7.44. The van der Waals surface area contributed by atoms with Gasteiger partial charge in [-0.2, -0.15) is 4.37 Å². The fourth-order valence-electron chi connectivity index (χ4n) is 1.99. The van der Waals surface area contributed by atoms with Gasteiger partial charge in [-0.1, -0.05) is 71.9 Å². The van der Waals surface area contributed by atoms with Crippen LogP contribution in [0.2, 0.25) is 0 Å². The fourth-order valence-corrected chi connectivity index (χ4v) is 3.40. The zero-order chi connectivity index (χ0) is 16.8. The summed E-state index contributed by atoms with van der Waals surface area (Å²) in [6.07, 6.45) is 0. The van der Waals surface area contributed by atoms with Crippen molar-refractivity contribution in [2.75, 3.05) is 5.75 Å². The van der Waals surface area contributed by atoms with Gasteiger partial charge in [-0.15, -0.1) is 0 Å². The van der Waals surface area contributed by atoms with Crippen LogP contribution < -0.4 is 0 Å². The highest BCUT2D eigenvalue weighted by atomic mass is 32.2. The molecule has 0 atom stereocenters. The van der Waals surface area contributed by atoms with E-state index < -0.39 is 0 Å². The molecule has 0 aliphatic carbocycles. The fraction of sp³-hybridized carbons (Fsp3) is 0.167. The normalized spacial score (nSPS) is 10.5. The van der Waals surface area contributed by atoms with Crippen molar-refractivity contribution in [2.45, 2.75) is 17.9 Å².